The summed E-state index contributed by atoms with van der Waals surface area (Å²) in [5.74, 6) is 3.06. The van der Waals surface area contributed by atoms with Crippen molar-refractivity contribution in [3.8, 4) is 17.6 Å². The minimum absolute atomic E-state index is 0.00457. The Morgan fingerprint density at radius 1 is 1.15 bits per heavy atom. The maximum Gasteiger partial charge on any atom is 0.573 e. The van der Waals surface area contributed by atoms with E-state index in [1.54, 1.807) is 6.92 Å². The van der Waals surface area contributed by atoms with E-state index in [0.29, 0.717) is 0 Å². The number of alkyl halides is 3. The number of anilines is 1. The predicted octanol–water partition coefficient (Wildman–Crippen LogP) is 4.03. The topological polar surface area (TPSA) is 75.6 Å². The molecule has 0 aliphatic rings. The van der Waals surface area contributed by atoms with Crippen molar-refractivity contribution in [1.29, 1.82) is 0 Å². The highest BCUT2D eigenvalue weighted by Gasteiger charge is 2.31. The van der Waals surface area contributed by atoms with Gasteiger partial charge in [-0.3, -0.25) is 4.79 Å². The van der Waals surface area contributed by atoms with Gasteiger partial charge in [0.15, 0.2) is 0 Å². The molecule has 0 heterocycles. The summed E-state index contributed by atoms with van der Waals surface area (Å²) in [7, 11) is 0. The average Bonchev–Trinajstić information content (AvgIpc) is 2.60. The molecule has 0 bridgehead atoms. The quantitative estimate of drug-likeness (QED) is 0.789. The van der Waals surface area contributed by atoms with Crippen molar-refractivity contribution in [2.24, 2.45) is 0 Å². The molecule has 0 radical (unpaired) electrons. The predicted molar refractivity (Wildman–Crippen MR) is 91.4 cm³/mol. The van der Waals surface area contributed by atoms with Gasteiger partial charge in [0.2, 0.25) is 5.91 Å². The van der Waals surface area contributed by atoms with Crippen molar-refractivity contribution in [3.05, 3.63) is 59.2 Å². The highest BCUT2D eigenvalue weighted by atomic mass is 19.4. The van der Waals surface area contributed by atoms with Crippen LogP contribution in [0.1, 0.15) is 34.8 Å². The smallest absolute Gasteiger partial charge is 0.478 e. The lowest BCUT2D eigenvalue weighted by Crippen LogP contribution is -2.17. The summed E-state index contributed by atoms with van der Waals surface area (Å²) < 4.78 is 41.2. The Morgan fingerprint density at radius 2 is 1.85 bits per heavy atom. The van der Waals surface area contributed by atoms with Crippen LogP contribution in [0.25, 0.3) is 0 Å². The van der Waals surface area contributed by atoms with E-state index in [0.717, 1.165) is 6.07 Å². The van der Waals surface area contributed by atoms with E-state index in [1.165, 1.54) is 36.4 Å². The van der Waals surface area contributed by atoms with E-state index in [1.807, 2.05) is 0 Å². The first kappa shape index (κ1) is 19.8. The molecule has 0 aliphatic carbocycles. The Bertz CT molecular complexity index is 927. The van der Waals surface area contributed by atoms with Crippen molar-refractivity contribution in [3.63, 3.8) is 0 Å². The molecule has 0 spiro atoms. The number of aromatic carboxylic acids is 1. The van der Waals surface area contributed by atoms with Gasteiger partial charge in [0.25, 0.3) is 0 Å². The van der Waals surface area contributed by atoms with Crippen LogP contribution in [0.2, 0.25) is 0 Å². The van der Waals surface area contributed by atoms with Crippen LogP contribution in [0.3, 0.4) is 0 Å². The number of benzene rings is 2. The summed E-state index contributed by atoms with van der Waals surface area (Å²) in [6, 6.07) is 9.41. The Labute approximate surface area is 152 Å². The first-order valence-electron chi connectivity index (χ1n) is 7.73. The number of carbonyl (C=O) groups excluding carboxylic acids is 1. The zero-order valence-electron chi connectivity index (χ0n) is 14.1. The number of amides is 1. The molecule has 2 aromatic rings. The van der Waals surface area contributed by atoms with Crippen LogP contribution in [0, 0.1) is 11.8 Å². The lowest BCUT2D eigenvalue weighted by Gasteiger charge is -2.10. The Kier molecular flexibility index (Phi) is 6.08. The maximum atomic E-state index is 12.4. The van der Waals surface area contributed by atoms with Crippen LogP contribution in [-0.4, -0.2) is 23.3 Å². The Hall–Kier alpha value is -3.47. The highest BCUT2D eigenvalue weighted by molar-refractivity contribution is 6.00. The zero-order valence-corrected chi connectivity index (χ0v) is 14.1. The van der Waals surface area contributed by atoms with E-state index >= 15 is 0 Å². The van der Waals surface area contributed by atoms with Gasteiger partial charge in [0, 0.05) is 12.0 Å². The van der Waals surface area contributed by atoms with Crippen LogP contribution < -0.4 is 10.1 Å². The van der Waals surface area contributed by atoms with Crippen LogP contribution in [0.5, 0.6) is 5.75 Å². The van der Waals surface area contributed by atoms with Crippen molar-refractivity contribution in [2.45, 2.75) is 19.7 Å². The molecule has 140 valence electrons. The van der Waals surface area contributed by atoms with Gasteiger partial charge in [0.1, 0.15) is 5.75 Å². The van der Waals surface area contributed by atoms with Gasteiger partial charge >= 0.3 is 12.3 Å². The van der Waals surface area contributed by atoms with E-state index in [-0.39, 0.29) is 34.7 Å². The minimum atomic E-state index is -4.85. The number of nitrogens with one attached hydrogen (secondary N) is 1. The van der Waals surface area contributed by atoms with E-state index in [4.69, 9.17) is 0 Å². The van der Waals surface area contributed by atoms with E-state index in [9.17, 15) is 27.9 Å². The molecule has 0 atom stereocenters. The third-order valence-corrected chi connectivity index (χ3v) is 3.30. The SMILES string of the molecule is CCC(=O)Nc1ccc(C#Cc2ccccc2OC(F)(F)F)cc1C(=O)O. The standard InChI is InChI=1S/C19H14F3NO4/c1-2-17(24)23-15-10-8-12(11-14(15)18(25)26)7-9-13-5-3-4-6-16(13)27-19(20,21)22/h3-6,8,10-11H,2H2,1H3,(H,23,24)(H,25,26). The van der Waals surface area contributed by atoms with Crippen LogP contribution in [0.4, 0.5) is 18.9 Å². The number of carbonyl (C=O) groups is 2. The molecule has 5 nitrogen and oxygen atoms in total. The van der Waals surface area contributed by atoms with Crippen LogP contribution in [0.15, 0.2) is 42.5 Å². The molecular weight excluding hydrogens is 363 g/mol. The first-order valence-corrected chi connectivity index (χ1v) is 7.73. The van der Waals surface area contributed by atoms with Gasteiger partial charge in [-0.15, -0.1) is 13.2 Å². The summed E-state index contributed by atoms with van der Waals surface area (Å²) in [4.78, 5) is 22.8. The molecular formula is C19H14F3NO4. The largest absolute Gasteiger partial charge is 0.573 e. The van der Waals surface area contributed by atoms with Gasteiger partial charge in [-0.2, -0.15) is 0 Å². The molecule has 1 amide bonds. The number of ether oxygens (including phenoxy) is 1. The number of rotatable bonds is 4. The minimum Gasteiger partial charge on any atom is -0.478 e. The normalized spacial score (nSPS) is 10.5. The maximum absolute atomic E-state index is 12.4. The fourth-order valence-corrected chi connectivity index (χ4v) is 2.07. The van der Waals surface area contributed by atoms with Crippen molar-refractivity contribution in [2.75, 3.05) is 5.32 Å². The summed E-state index contributed by atoms with van der Waals surface area (Å²) in [6.45, 7) is 1.62. The van der Waals surface area contributed by atoms with Crippen LogP contribution in [-0.2, 0) is 4.79 Å². The number of hydrogen-bond acceptors (Lipinski definition) is 3. The fraction of sp³-hybridized carbons (Fsp3) is 0.158. The van der Waals surface area contributed by atoms with Gasteiger partial charge in [-0.05, 0) is 30.3 Å². The third kappa shape index (κ3) is 5.78. The Morgan fingerprint density at radius 3 is 2.48 bits per heavy atom. The summed E-state index contributed by atoms with van der Waals surface area (Å²) in [5.41, 5.74) is 0.183. The first-order chi connectivity index (χ1) is 12.7. The second-order valence-corrected chi connectivity index (χ2v) is 5.26. The number of carboxylic acid groups (broad SMARTS) is 1. The number of halogens is 3. The second kappa shape index (κ2) is 8.27. The molecule has 2 aromatic carbocycles. The third-order valence-electron chi connectivity index (χ3n) is 3.30. The average molecular weight is 377 g/mol. The molecule has 8 heteroatoms. The molecule has 2 rings (SSSR count). The molecule has 0 fully saturated rings. The second-order valence-electron chi connectivity index (χ2n) is 5.26. The highest BCUT2D eigenvalue weighted by Crippen LogP contribution is 2.25. The van der Waals surface area contributed by atoms with Crippen molar-refractivity contribution >= 4 is 17.6 Å². The molecule has 0 saturated carbocycles. The number of carboxylic acids is 1. The monoisotopic (exact) mass is 377 g/mol. The number of para-hydroxylation sites is 1. The molecule has 0 aliphatic heterocycles. The molecule has 0 aromatic heterocycles. The summed E-state index contributed by atoms with van der Waals surface area (Å²) in [6.07, 6.45) is -4.68. The molecule has 27 heavy (non-hydrogen) atoms. The molecule has 0 unspecified atom stereocenters. The van der Waals surface area contributed by atoms with Crippen molar-refractivity contribution < 1.29 is 32.6 Å². The van der Waals surface area contributed by atoms with E-state index in [2.05, 4.69) is 21.9 Å². The number of hydrogen-bond donors (Lipinski definition) is 2. The van der Waals surface area contributed by atoms with Gasteiger partial charge in [-0.25, -0.2) is 4.79 Å². The lowest BCUT2D eigenvalue weighted by molar-refractivity contribution is -0.274. The summed E-state index contributed by atoms with van der Waals surface area (Å²) in [5, 5.41) is 11.8. The molecule has 0 saturated heterocycles. The fourth-order valence-electron chi connectivity index (χ4n) is 2.07. The van der Waals surface area contributed by atoms with Gasteiger partial charge in [0.05, 0.1) is 16.8 Å². The van der Waals surface area contributed by atoms with Gasteiger partial charge < -0.3 is 15.2 Å². The summed E-state index contributed by atoms with van der Waals surface area (Å²) >= 11 is 0. The van der Waals surface area contributed by atoms with Crippen LogP contribution >= 0.6 is 0 Å². The van der Waals surface area contributed by atoms with Crippen molar-refractivity contribution in [1.82, 2.24) is 0 Å². The zero-order chi connectivity index (χ0) is 20.0. The lowest BCUT2D eigenvalue weighted by atomic mass is 10.1. The van der Waals surface area contributed by atoms with Gasteiger partial charge in [-0.1, -0.05) is 30.9 Å². The Balaban J connectivity index is 2.36. The van der Waals surface area contributed by atoms with E-state index < -0.39 is 18.1 Å². The molecule has 2 N–H and O–H groups in total.